The second-order valence-electron chi connectivity index (χ2n) is 6.04. The van der Waals surface area contributed by atoms with Crippen LogP contribution in [0.25, 0.3) is 22.3 Å². The fourth-order valence-electron chi connectivity index (χ4n) is 2.78. The molecule has 0 unspecified atom stereocenters. The Morgan fingerprint density at radius 2 is 1.96 bits per heavy atom. The van der Waals surface area contributed by atoms with E-state index in [9.17, 15) is 9.59 Å². The van der Waals surface area contributed by atoms with Crippen molar-refractivity contribution in [2.75, 3.05) is 12.3 Å². The Kier molecular flexibility index (Phi) is 4.34. The number of amides is 1. The fraction of sp³-hybridized carbons (Fsp3) is 0.150. The summed E-state index contributed by atoms with van der Waals surface area (Å²) >= 11 is 1.54. The van der Waals surface area contributed by atoms with Crippen LogP contribution in [-0.2, 0) is 0 Å². The Bertz CT molecular complexity index is 1080. The third-order valence-electron chi connectivity index (χ3n) is 4.12. The van der Waals surface area contributed by atoms with E-state index in [-0.39, 0.29) is 11.3 Å². The number of rotatable bonds is 2. The van der Waals surface area contributed by atoms with Crippen molar-refractivity contribution in [2.45, 2.75) is 6.92 Å². The number of hydrogen-bond acceptors (Lipinski definition) is 5. The Morgan fingerprint density at radius 1 is 1.15 bits per heavy atom. The number of thioether (sulfide) groups is 1. The van der Waals surface area contributed by atoms with Crippen LogP contribution in [0.4, 0.5) is 0 Å². The minimum atomic E-state index is -0.194. The molecule has 1 N–H and O–H groups in total. The molecule has 0 atom stereocenters. The van der Waals surface area contributed by atoms with Crippen molar-refractivity contribution >= 4 is 33.8 Å². The van der Waals surface area contributed by atoms with E-state index in [1.54, 1.807) is 30.3 Å². The zero-order valence-electron chi connectivity index (χ0n) is 14.1. The predicted octanol–water partition coefficient (Wildman–Crippen LogP) is 3.60. The molecule has 2 heterocycles. The van der Waals surface area contributed by atoms with E-state index >= 15 is 0 Å². The number of benzene rings is 2. The molecular formula is C20H16N2O3S. The SMILES string of the molecule is Cc1ccc2oc(-c3ccc(C(=O)NC4=NCCS4)cc3)cc(=O)c2c1. The van der Waals surface area contributed by atoms with Crippen molar-refractivity contribution in [3.05, 3.63) is 69.9 Å². The van der Waals surface area contributed by atoms with Crippen LogP contribution in [-0.4, -0.2) is 23.4 Å². The monoisotopic (exact) mass is 364 g/mol. The molecule has 3 aromatic rings. The molecule has 0 spiro atoms. The number of aryl methyl sites for hydroxylation is 1. The molecule has 2 aromatic carbocycles. The van der Waals surface area contributed by atoms with Crippen LogP contribution in [0, 0.1) is 6.92 Å². The van der Waals surface area contributed by atoms with Gasteiger partial charge in [-0.25, -0.2) is 0 Å². The number of amidine groups is 1. The smallest absolute Gasteiger partial charge is 0.257 e. The quantitative estimate of drug-likeness (QED) is 0.754. The lowest BCUT2D eigenvalue weighted by atomic mass is 10.1. The molecule has 4 rings (SSSR count). The van der Waals surface area contributed by atoms with Crippen molar-refractivity contribution in [3.8, 4) is 11.3 Å². The summed E-state index contributed by atoms with van der Waals surface area (Å²) in [6.45, 7) is 2.67. The van der Waals surface area contributed by atoms with Crippen molar-refractivity contribution in [2.24, 2.45) is 4.99 Å². The van der Waals surface area contributed by atoms with Gasteiger partial charge in [0.1, 0.15) is 11.3 Å². The minimum absolute atomic E-state index is 0.0805. The lowest BCUT2D eigenvalue weighted by molar-refractivity contribution is 0.0978. The molecule has 1 aliphatic rings. The molecule has 0 radical (unpaired) electrons. The summed E-state index contributed by atoms with van der Waals surface area (Å²) in [5.41, 5.74) is 2.76. The van der Waals surface area contributed by atoms with Crippen LogP contribution in [0.2, 0.25) is 0 Å². The van der Waals surface area contributed by atoms with Gasteiger partial charge in [0.05, 0.1) is 11.9 Å². The maximum Gasteiger partial charge on any atom is 0.257 e. The van der Waals surface area contributed by atoms with Gasteiger partial charge in [-0.1, -0.05) is 35.5 Å². The molecule has 0 saturated carbocycles. The Hall–Kier alpha value is -2.86. The number of hydrogen-bond donors (Lipinski definition) is 1. The number of aliphatic imine (C=N–C) groups is 1. The molecule has 0 bridgehead atoms. The second kappa shape index (κ2) is 6.80. The maximum atomic E-state index is 12.4. The van der Waals surface area contributed by atoms with Gasteiger partial charge in [-0.15, -0.1) is 0 Å². The number of nitrogens with zero attached hydrogens (tertiary/aromatic N) is 1. The summed E-state index contributed by atoms with van der Waals surface area (Å²) in [4.78, 5) is 28.8. The molecule has 26 heavy (non-hydrogen) atoms. The van der Waals surface area contributed by atoms with Gasteiger partial charge in [0.15, 0.2) is 10.6 Å². The van der Waals surface area contributed by atoms with E-state index in [4.69, 9.17) is 4.42 Å². The van der Waals surface area contributed by atoms with Gasteiger partial charge in [-0.3, -0.25) is 14.6 Å². The summed E-state index contributed by atoms with van der Waals surface area (Å²) in [5.74, 6) is 1.18. The first kappa shape index (κ1) is 16.6. The average Bonchev–Trinajstić information content (AvgIpc) is 3.15. The van der Waals surface area contributed by atoms with Gasteiger partial charge in [0.25, 0.3) is 5.91 Å². The molecule has 0 fully saturated rings. The molecule has 0 saturated heterocycles. The second-order valence-corrected chi connectivity index (χ2v) is 7.12. The van der Waals surface area contributed by atoms with Gasteiger partial charge in [0.2, 0.25) is 0 Å². The highest BCUT2D eigenvalue weighted by atomic mass is 32.2. The first-order chi connectivity index (χ1) is 12.6. The normalized spacial score (nSPS) is 13.7. The van der Waals surface area contributed by atoms with Gasteiger partial charge >= 0.3 is 0 Å². The summed E-state index contributed by atoms with van der Waals surface area (Å²) < 4.78 is 5.87. The summed E-state index contributed by atoms with van der Waals surface area (Å²) in [6.07, 6.45) is 0. The topological polar surface area (TPSA) is 71.7 Å². The Morgan fingerprint density at radius 3 is 2.69 bits per heavy atom. The van der Waals surface area contributed by atoms with Gasteiger partial charge in [0, 0.05) is 22.9 Å². The van der Waals surface area contributed by atoms with Crippen molar-refractivity contribution in [1.29, 1.82) is 0 Å². The molecule has 130 valence electrons. The number of carbonyl (C=O) groups is 1. The Balaban J connectivity index is 1.62. The molecule has 1 aliphatic heterocycles. The predicted molar refractivity (Wildman–Crippen MR) is 105 cm³/mol. The largest absolute Gasteiger partial charge is 0.456 e. The zero-order valence-corrected chi connectivity index (χ0v) is 14.9. The van der Waals surface area contributed by atoms with Gasteiger partial charge in [-0.2, -0.15) is 0 Å². The number of nitrogens with one attached hydrogen (secondary N) is 1. The highest BCUT2D eigenvalue weighted by molar-refractivity contribution is 8.14. The first-order valence-corrected chi connectivity index (χ1v) is 9.22. The van der Waals surface area contributed by atoms with Crippen LogP contribution in [0.15, 0.2) is 62.7 Å². The maximum absolute atomic E-state index is 12.4. The molecule has 1 aromatic heterocycles. The van der Waals surface area contributed by atoms with Crippen LogP contribution < -0.4 is 10.7 Å². The molecule has 5 nitrogen and oxygen atoms in total. The van der Waals surface area contributed by atoms with E-state index in [1.807, 2.05) is 19.1 Å². The summed E-state index contributed by atoms with van der Waals surface area (Å²) in [6, 6.07) is 14.0. The number of fused-ring (bicyclic) bond motifs is 1. The standard InChI is InChI=1S/C20H16N2O3S/c1-12-2-7-17-15(10-12)16(23)11-18(25-17)13-3-5-14(6-4-13)19(24)22-20-21-8-9-26-20/h2-7,10-11H,8-9H2,1H3,(H,21,22,24). The van der Waals surface area contributed by atoms with Crippen molar-refractivity contribution in [1.82, 2.24) is 5.32 Å². The van der Waals surface area contributed by atoms with Gasteiger partial charge in [-0.05, 0) is 31.2 Å². The third-order valence-corrected chi connectivity index (χ3v) is 5.01. The first-order valence-electron chi connectivity index (χ1n) is 8.24. The van der Waals surface area contributed by atoms with Gasteiger partial charge < -0.3 is 9.73 Å². The van der Waals surface area contributed by atoms with Crippen LogP contribution >= 0.6 is 11.8 Å². The number of carbonyl (C=O) groups excluding carboxylic acids is 1. The van der Waals surface area contributed by atoms with Crippen LogP contribution in [0.3, 0.4) is 0 Å². The average molecular weight is 364 g/mol. The lowest BCUT2D eigenvalue weighted by Gasteiger charge is -2.06. The van der Waals surface area contributed by atoms with E-state index in [2.05, 4.69) is 10.3 Å². The summed E-state index contributed by atoms with van der Waals surface area (Å²) in [5, 5.41) is 4.02. The lowest BCUT2D eigenvalue weighted by Crippen LogP contribution is -2.27. The minimum Gasteiger partial charge on any atom is -0.456 e. The molecule has 1 amide bonds. The van der Waals surface area contributed by atoms with E-state index in [0.29, 0.717) is 27.5 Å². The summed E-state index contributed by atoms with van der Waals surface area (Å²) in [7, 11) is 0. The van der Waals surface area contributed by atoms with E-state index < -0.39 is 0 Å². The Labute approximate surface area is 154 Å². The molecule has 0 aliphatic carbocycles. The van der Waals surface area contributed by atoms with Crippen molar-refractivity contribution in [3.63, 3.8) is 0 Å². The van der Waals surface area contributed by atoms with Crippen LogP contribution in [0.5, 0.6) is 0 Å². The highest BCUT2D eigenvalue weighted by Crippen LogP contribution is 2.23. The van der Waals surface area contributed by atoms with E-state index in [1.165, 1.54) is 17.8 Å². The highest BCUT2D eigenvalue weighted by Gasteiger charge is 2.13. The fourth-order valence-corrected chi connectivity index (χ4v) is 3.50. The molecular weight excluding hydrogens is 348 g/mol. The van der Waals surface area contributed by atoms with Crippen molar-refractivity contribution < 1.29 is 9.21 Å². The molecule has 6 heteroatoms. The van der Waals surface area contributed by atoms with Crippen LogP contribution in [0.1, 0.15) is 15.9 Å². The van der Waals surface area contributed by atoms with E-state index in [0.717, 1.165) is 23.4 Å². The zero-order chi connectivity index (χ0) is 18.1. The third kappa shape index (κ3) is 3.28.